The van der Waals surface area contributed by atoms with Crippen LogP contribution in [0.1, 0.15) is 36.8 Å². The first-order chi connectivity index (χ1) is 11.8. The number of rotatable bonds is 3. The van der Waals surface area contributed by atoms with E-state index in [-0.39, 0.29) is 5.92 Å². The average Bonchev–Trinajstić information content (AvgIpc) is 2.88. The number of carbonyl (C=O) groups is 1. The van der Waals surface area contributed by atoms with Gasteiger partial charge in [-0.05, 0) is 43.4 Å². The number of nitriles is 1. The number of hydrogen-bond acceptors (Lipinski definition) is 3. The molecule has 0 radical (unpaired) electrons. The van der Waals surface area contributed by atoms with E-state index in [9.17, 15) is 4.79 Å². The van der Waals surface area contributed by atoms with Gasteiger partial charge in [-0.15, -0.1) is 0 Å². The molecule has 0 aromatic heterocycles. The van der Waals surface area contributed by atoms with Gasteiger partial charge in [0.1, 0.15) is 0 Å². The summed E-state index contributed by atoms with van der Waals surface area (Å²) in [5.41, 5.74) is 1.93. The van der Waals surface area contributed by atoms with Crippen LogP contribution < -0.4 is 0 Å². The Morgan fingerprint density at radius 1 is 1.12 bits per heavy atom. The van der Waals surface area contributed by atoms with Gasteiger partial charge in [0.25, 0.3) is 0 Å². The second-order valence-electron chi connectivity index (χ2n) is 6.75. The van der Waals surface area contributed by atoms with Crippen molar-refractivity contribution >= 4 is 5.91 Å². The minimum absolute atomic E-state index is 0.195. The molecule has 1 aliphatic heterocycles. The maximum absolute atomic E-state index is 12.7. The van der Waals surface area contributed by atoms with Crippen molar-refractivity contribution in [3.8, 4) is 6.07 Å². The van der Waals surface area contributed by atoms with Crippen LogP contribution in [0.2, 0.25) is 0 Å². The molecule has 1 heterocycles. The van der Waals surface area contributed by atoms with Gasteiger partial charge in [0.15, 0.2) is 0 Å². The first-order valence-electron chi connectivity index (χ1n) is 8.91. The monoisotopic (exact) mass is 323 g/mol. The van der Waals surface area contributed by atoms with Crippen LogP contribution in [0.4, 0.5) is 0 Å². The number of hydrogen-bond donors (Lipinski definition) is 0. The molecule has 1 saturated heterocycles. The number of carbonyl (C=O) groups excluding carboxylic acids is 1. The minimum atomic E-state index is 0.195. The molecular formula is C20H25N3O. The molecule has 4 nitrogen and oxygen atoms in total. The number of benzene rings is 1. The van der Waals surface area contributed by atoms with E-state index in [1.54, 1.807) is 0 Å². The van der Waals surface area contributed by atoms with Gasteiger partial charge in [-0.1, -0.05) is 24.3 Å². The van der Waals surface area contributed by atoms with Crippen molar-refractivity contribution < 1.29 is 4.79 Å². The lowest BCUT2D eigenvalue weighted by Gasteiger charge is -2.27. The van der Waals surface area contributed by atoms with E-state index in [0.717, 1.165) is 58.4 Å². The first kappa shape index (κ1) is 16.7. The van der Waals surface area contributed by atoms with Gasteiger partial charge >= 0.3 is 0 Å². The largest absolute Gasteiger partial charge is 0.341 e. The van der Waals surface area contributed by atoms with Crippen LogP contribution in [0, 0.1) is 17.2 Å². The first-order valence-corrected chi connectivity index (χ1v) is 8.91. The Kier molecular flexibility index (Phi) is 5.66. The summed E-state index contributed by atoms with van der Waals surface area (Å²) in [5, 5.41) is 8.87. The molecule has 1 atom stereocenters. The van der Waals surface area contributed by atoms with E-state index in [1.165, 1.54) is 5.56 Å². The zero-order valence-corrected chi connectivity index (χ0v) is 14.2. The maximum Gasteiger partial charge on any atom is 0.226 e. The van der Waals surface area contributed by atoms with Crippen LogP contribution in [0.15, 0.2) is 36.4 Å². The third-order valence-electron chi connectivity index (χ3n) is 5.01. The smallest absolute Gasteiger partial charge is 0.226 e. The Bertz CT molecular complexity index is 629. The van der Waals surface area contributed by atoms with Crippen molar-refractivity contribution in [2.75, 3.05) is 26.2 Å². The summed E-state index contributed by atoms with van der Waals surface area (Å²) < 4.78 is 0. The fraction of sp³-hybridized carbons (Fsp3) is 0.500. The molecule has 1 aromatic carbocycles. The van der Waals surface area contributed by atoms with Crippen molar-refractivity contribution in [1.82, 2.24) is 9.80 Å². The quantitative estimate of drug-likeness (QED) is 0.804. The Hall–Kier alpha value is -2.12. The lowest BCUT2D eigenvalue weighted by Crippen LogP contribution is -2.39. The molecule has 0 spiro atoms. The Labute approximate surface area is 144 Å². The molecule has 1 amide bonds. The molecule has 24 heavy (non-hydrogen) atoms. The van der Waals surface area contributed by atoms with E-state index >= 15 is 0 Å². The third kappa shape index (κ3) is 4.24. The van der Waals surface area contributed by atoms with Crippen molar-refractivity contribution in [3.63, 3.8) is 0 Å². The van der Waals surface area contributed by atoms with Gasteiger partial charge in [0.05, 0.1) is 11.6 Å². The Morgan fingerprint density at radius 2 is 1.96 bits per heavy atom. The molecule has 1 aromatic rings. The zero-order chi connectivity index (χ0) is 16.8. The summed E-state index contributed by atoms with van der Waals surface area (Å²) in [6.07, 6.45) is 8.32. The summed E-state index contributed by atoms with van der Waals surface area (Å²) in [6.45, 7) is 4.54. The molecule has 4 heteroatoms. The molecule has 3 rings (SSSR count). The van der Waals surface area contributed by atoms with E-state index in [2.05, 4.69) is 28.0 Å². The minimum Gasteiger partial charge on any atom is -0.341 e. The topological polar surface area (TPSA) is 47.3 Å². The van der Waals surface area contributed by atoms with Crippen LogP contribution in [0.25, 0.3) is 0 Å². The van der Waals surface area contributed by atoms with Crippen molar-refractivity contribution in [1.29, 1.82) is 5.26 Å². The molecule has 1 aliphatic carbocycles. The van der Waals surface area contributed by atoms with Crippen LogP contribution in [0.3, 0.4) is 0 Å². The lowest BCUT2D eigenvalue weighted by molar-refractivity contribution is -0.135. The third-order valence-corrected chi connectivity index (χ3v) is 5.01. The van der Waals surface area contributed by atoms with Crippen LogP contribution in [-0.2, 0) is 11.3 Å². The maximum atomic E-state index is 12.7. The van der Waals surface area contributed by atoms with Gasteiger partial charge in [-0.25, -0.2) is 0 Å². The summed E-state index contributed by atoms with van der Waals surface area (Å²) in [5.74, 6) is 0.541. The van der Waals surface area contributed by atoms with Gasteiger partial charge in [-0.3, -0.25) is 9.69 Å². The summed E-state index contributed by atoms with van der Waals surface area (Å²) in [7, 11) is 0. The van der Waals surface area contributed by atoms with Crippen LogP contribution in [-0.4, -0.2) is 41.9 Å². The number of allylic oxidation sites excluding steroid dienone is 2. The highest BCUT2D eigenvalue weighted by molar-refractivity contribution is 5.79. The normalized spacial score (nSPS) is 22.0. The second-order valence-corrected chi connectivity index (χ2v) is 6.75. The predicted molar refractivity (Wildman–Crippen MR) is 94.1 cm³/mol. The highest BCUT2D eigenvalue weighted by atomic mass is 16.2. The fourth-order valence-electron chi connectivity index (χ4n) is 3.57. The molecule has 1 fully saturated rings. The highest BCUT2D eigenvalue weighted by Crippen LogP contribution is 2.21. The molecule has 126 valence electrons. The second kappa shape index (κ2) is 8.12. The Morgan fingerprint density at radius 3 is 2.67 bits per heavy atom. The Balaban J connectivity index is 1.53. The molecule has 0 saturated carbocycles. The fourth-order valence-corrected chi connectivity index (χ4v) is 3.57. The van der Waals surface area contributed by atoms with E-state index in [0.29, 0.717) is 11.5 Å². The molecule has 0 N–H and O–H groups in total. The number of nitrogens with zero attached hydrogens (tertiary/aromatic N) is 3. The van der Waals surface area contributed by atoms with Gasteiger partial charge in [-0.2, -0.15) is 5.26 Å². The van der Waals surface area contributed by atoms with Gasteiger partial charge < -0.3 is 4.90 Å². The predicted octanol–water partition coefficient (Wildman–Crippen LogP) is 2.95. The van der Waals surface area contributed by atoms with Gasteiger partial charge in [0.2, 0.25) is 5.91 Å². The van der Waals surface area contributed by atoms with E-state index in [1.807, 2.05) is 24.3 Å². The number of amides is 1. The molecule has 0 bridgehead atoms. The zero-order valence-electron chi connectivity index (χ0n) is 14.2. The lowest BCUT2D eigenvalue weighted by atomic mass is 9.93. The van der Waals surface area contributed by atoms with Crippen molar-refractivity contribution in [2.45, 2.75) is 32.2 Å². The van der Waals surface area contributed by atoms with E-state index in [4.69, 9.17) is 5.26 Å². The van der Waals surface area contributed by atoms with Gasteiger partial charge in [0, 0.05) is 38.6 Å². The van der Waals surface area contributed by atoms with Crippen LogP contribution in [0.5, 0.6) is 0 Å². The standard InChI is InChI=1S/C20H25N3O/c21-15-17-7-9-18(10-8-17)16-22-11-4-12-23(14-13-22)20(24)19-5-2-1-3-6-19/h1-2,7-10,19H,3-6,11-14,16H2/t19-/m1/s1. The van der Waals surface area contributed by atoms with Crippen LogP contribution >= 0.6 is 0 Å². The summed E-state index contributed by atoms with van der Waals surface area (Å²) in [6, 6.07) is 9.96. The van der Waals surface area contributed by atoms with Crippen molar-refractivity contribution in [3.05, 3.63) is 47.5 Å². The highest BCUT2D eigenvalue weighted by Gasteiger charge is 2.26. The summed E-state index contributed by atoms with van der Waals surface area (Å²) >= 11 is 0. The SMILES string of the molecule is N#Cc1ccc(CN2CCCN(C(=O)[C@@H]3CC=CCC3)CC2)cc1. The molecule has 0 unspecified atom stereocenters. The molecule has 2 aliphatic rings. The van der Waals surface area contributed by atoms with Crippen molar-refractivity contribution in [2.24, 2.45) is 5.92 Å². The summed E-state index contributed by atoms with van der Waals surface area (Å²) in [4.78, 5) is 17.2. The molecular weight excluding hydrogens is 298 g/mol. The van der Waals surface area contributed by atoms with E-state index < -0.39 is 0 Å². The average molecular weight is 323 g/mol.